The third-order valence-corrected chi connectivity index (χ3v) is 5.51. The number of pyridine rings is 1. The largest absolute Gasteiger partial charge is 0.497 e. The smallest absolute Gasteiger partial charge is 0.242 e. The summed E-state index contributed by atoms with van der Waals surface area (Å²) in [7, 11) is 1.66. The summed E-state index contributed by atoms with van der Waals surface area (Å²) >= 11 is 0. The second kappa shape index (κ2) is 7.99. The first-order valence-corrected chi connectivity index (χ1v) is 9.82. The molecule has 3 aromatic rings. The summed E-state index contributed by atoms with van der Waals surface area (Å²) in [6.07, 6.45) is 1.71. The van der Waals surface area contributed by atoms with Gasteiger partial charge in [-0.2, -0.15) is 0 Å². The molecule has 0 atom stereocenters. The molecule has 1 aliphatic heterocycles. The molecule has 150 valence electrons. The molecule has 6 nitrogen and oxygen atoms in total. The highest BCUT2D eigenvalue weighted by Crippen LogP contribution is 2.21. The number of carbonyl (C=O) groups excluding carboxylic acids is 1. The zero-order valence-corrected chi connectivity index (χ0v) is 16.8. The summed E-state index contributed by atoms with van der Waals surface area (Å²) in [5, 5.41) is 0.657. The lowest BCUT2D eigenvalue weighted by molar-refractivity contribution is -0.132. The molecule has 1 fully saturated rings. The molecule has 4 rings (SSSR count). The number of ether oxygens (including phenoxy) is 1. The molecule has 0 bridgehead atoms. The number of hydrogen-bond donors (Lipinski definition) is 0. The van der Waals surface area contributed by atoms with Crippen LogP contribution in [0.4, 0.5) is 5.69 Å². The Hall–Kier alpha value is -3.28. The van der Waals surface area contributed by atoms with Crippen LogP contribution >= 0.6 is 0 Å². The number of fused-ring (bicyclic) bond motifs is 1. The summed E-state index contributed by atoms with van der Waals surface area (Å²) < 4.78 is 7.08. The van der Waals surface area contributed by atoms with Gasteiger partial charge in [-0.25, -0.2) is 0 Å². The summed E-state index contributed by atoms with van der Waals surface area (Å²) in [6, 6.07) is 15.3. The Morgan fingerprint density at radius 2 is 1.72 bits per heavy atom. The number of anilines is 1. The third kappa shape index (κ3) is 3.97. The number of aryl methyl sites for hydroxylation is 1. The molecule has 1 saturated heterocycles. The van der Waals surface area contributed by atoms with Crippen LogP contribution in [0.5, 0.6) is 5.75 Å². The zero-order chi connectivity index (χ0) is 20.4. The molecule has 0 saturated carbocycles. The molecular formula is C23H25N3O3. The lowest BCUT2D eigenvalue weighted by Gasteiger charge is -2.36. The molecule has 1 aliphatic rings. The van der Waals surface area contributed by atoms with Crippen LogP contribution in [0.1, 0.15) is 5.56 Å². The number of methoxy groups -OCH3 is 1. The van der Waals surface area contributed by atoms with Crippen LogP contribution in [0.3, 0.4) is 0 Å². The Morgan fingerprint density at radius 3 is 2.41 bits per heavy atom. The van der Waals surface area contributed by atoms with Crippen molar-refractivity contribution in [3.05, 3.63) is 70.5 Å². The fraction of sp³-hybridized carbons (Fsp3) is 0.304. The minimum Gasteiger partial charge on any atom is -0.497 e. The van der Waals surface area contributed by atoms with Gasteiger partial charge in [0.15, 0.2) is 5.43 Å². The summed E-state index contributed by atoms with van der Waals surface area (Å²) in [5.74, 6) is 0.913. The molecule has 0 radical (unpaired) electrons. The lowest BCUT2D eigenvalue weighted by atomic mass is 10.1. The molecule has 2 heterocycles. The number of nitrogens with zero attached hydrogens (tertiary/aromatic N) is 3. The van der Waals surface area contributed by atoms with E-state index in [1.165, 1.54) is 6.07 Å². The number of piperazine rings is 1. The van der Waals surface area contributed by atoms with E-state index in [0.29, 0.717) is 18.5 Å². The van der Waals surface area contributed by atoms with Crippen LogP contribution < -0.4 is 15.1 Å². The van der Waals surface area contributed by atoms with Gasteiger partial charge in [-0.05, 0) is 43.3 Å². The first-order chi connectivity index (χ1) is 14.0. The Bertz CT molecular complexity index is 1080. The molecule has 0 unspecified atom stereocenters. The van der Waals surface area contributed by atoms with Gasteiger partial charge in [0.1, 0.15) is 12.3 Å². The van der Waals surface area contributed by atoms with Crippen molar-refractivity contribution in [1.29, 1.82) is 0 Å². The molecule has 1 aromatic heterocycles. The molecule has 0 aliphatic carbocycles. The Morgan fingerprint density at radius 1 is 1.00 bits per heavy atom. The molecule has 6 heteroatoms. The van der Waals surface area contributed by atoms with E-state index in [1.807, 2.05) is 58.9 Å². The fourth-order valence-corrected chi connectivity index (χ4v) is 3.82. The quantitative estimate of drug-likeness (QED) is 0.686. The highest BCUT2D eigenvalue weighted by atomic mass is 16.5. The lowest BCUT2D eigenvalue weighted by Crippen LogP contribution is -2.49. The van der Waals surface area contributed by atoms with Gasteiger partial charge in [0.2, 0.25) is 5.91 Å². The standard InChI is InChI=1S/C23H25N3O3/c1-17-3-8-21-20(15-17)22(27)9-10-26(21)16-23(28)25-13-11-24(12-14-25)18-4-6-19(29-2)7-5-18/h3-10,15H,11-14,16H2,1-2H3. The van der Waals surface area contributed by atoms with Gasteiger partial charge in [-0.1, -0.05) is 11.6 Å². The minimum atomic E-state index is -0.0134. The van der Waals surface area contributed by atoms with E-state index in [1.54, 1.807) is 13.3 Å². The number of hydrogen-bond acceptors (Lipinski definition) is 4. The second-order valence-electron chi connectivity index (χ2n) is 7.39. The van der Waals surface area contributed by atoms with Gasteiger partial charge in [0, 0.05) is 49.5 Å². The predicted octanol–water partition coefficient (Wildman–Crippen LogP) is 2.67. The minimum absolute atomic E-state index is 0.0134. The topological polar surface area (TPSA) is 54.8 Å². The van der Waals surface area contributed by atoms with Crippen molar-refractivity contribution >= 4 is 22.5 Å². The van der Waals surface area contributed by atoms with Crippen molar-refractivity contribution in [3.8, 4) is 5.75 Å². The van der Waals surface area contributed by atoms with E-state index in [4.69, 9.17) is 4.74 Å². The van der Waals surface area contributed by atoms with E-state index in [2.05, 4.69) is 4.90 Å². The molecular weight excluding hydrogens is 366 g/mol. The van der Waals surface area contributed by atoms with Crippen molar-refractivity contribution in [2.75, 3.05) is 38.2 Å². The second-order valence-corrected chi connectivity index (χ2v) is 7.39. The van der Waals surface area contributed by atoms with Crippen molar-refractivity contribution in [2.45, 2.75) is 13.5 Å². The fourth-order valence-electron chi connectivity index (χ4n) is 3.82. The number of aromatic nitrogens is 1. The number of amides is 1. The van der Waals surface area contributed by atoms with E-state index in [-0.39, 0.29) is 17.9 Å². The van der Waals surface area contributed by atoms with Gasteiger partial charge < -0.3 is 19.1 Å². The van der Waals surface area contributed by atoms with E-state index >= 15 is 0 Å². The highest BCUT2D eigenvalue weighted by Gasteiger charge is 2.21. The monoisotopic (exact) mass is 391 g/mol. The van der Waals surface area contributed by atoms with Crippen LogP contribution in [0.2, 0.25) is 0 Å². The normalized spacial score (nSPS) is 14.3. The SMILES string of the molecule is COc1ccc(N2CCN(C(=O)Cn3ccc(=O)c4cc(C)ccc43)CC2)cc1. The van der Waals surface area contributed by atoms with Gasteiger partial charge in [0.05, 0.1) is 12.6 Å². The summed E-state index contributed by atoms with van der Waals surface area (Å²) in [4.78, 5) is 29.2. The molecule has 0 N–H and O–H groups in total. The van der Waals surface area contributed by atoms with Crippen molar-refractivity contribution in [2.24, 2.45) is 0 Å². The van der Waals surface area contributed by atoms with Gasteiger partial charge in [-0.15, -0.1) is 0 Å². The number of carbonyl (C=O) groups is 1. The zero-order valence-electron chi connectivity index (χ0n) is 16.8. The van der Waals surface area contributed by atoms with E-state index in [9.17, 15) is 9.59 Å². The van der Waals surface area contributed by atoms with Gasteiger partial charge in [-0.3, -0.25) is 9.59 Å². The third-order valence-electron chi connectivity index (χ3n) is 5.51. The van der Waals surface area contributed by atoms with E-state index in [0.717, 1.165) is 35.6 Å². The Labute approximate surface area is 169 Å². The van der Waals surface area contributed by atoms with Crippen LogP contribution in [0.15, 0.2) is 59.5 Å². The maximum absolute atomic E-state index is 12.9. The van der Waals surface area contributed by atoms with Crippen LogP contribution in [-0.4, -0.2) is 48.7 Å². The number of rotatable bonds is 4. The van der Waals surface area contributed by atoms with Crippen molar-refractivity contribution in [3.63, 3.8) is 0 Å². The summed E-state index contributed by atoms with van der Waals surface area (Å²) in [5.41, 5.74) is 2.96. The molecule has 29 heavy (non-hydrogen) atoms. The average Bonchev–Trinajstić information content (AvgIpc) is 2.76. The predicted molar refractivity (Wildman–Crippen MR) is 115 cm³/mol. The molecule has 1 amide bonds. The summed E-state index contributed by atoms with van der Waals surface area (Å²) in [6.45, 7) is 5.15. The van der Waals surface area contributed by atoms with Crippen LogP contribution in [0.25, 0.3) is 10.9 Å². The highest BCUT2D eigenvalue weighted by molar-refractivity contribution is 5.83. The first-order valence-electron chi connectivity index (χ1n) is 9.82. The van der Waals surface area contributed by atoms with Crippen LogP contribution in [-0.2, 0) is 11.3 Å². The first kappa shape index (κ1) is 19.1. The van der Waals surface area contributed by atoms with Gasteiger partial charge >= 0.3 is 0 Å². The van der Waals surface area contributed by atoms with Crippen LogP contribution in [0, 0.1) is 6.92 Å². The average molecular weight is 391 g/mol. The molecule has 2 aromatic carbocycles. The molecule has 0 spiro atoms. The maximum Gasteiger partial charge on any atom is 0.242 e. The maximum atomic E-state index is 12.9. The van der Waals surface area contributed by atoms with Crippen molar-refractivity contribution < 1.29 is 9.53 Å². The number of benzene rings is 2. The van der Waals surface area contributed by atoms with E-state index < -0.39 is 0 Å². The van der Waals surface area contributed by atoms with Gasteiger partial charge in [0.25, 0.3) is 0 Å². The van der Waals surface area contributed by atoms with Crippen molar-refractivity contribution in [1.82, 2.24) is 9.47 Å². The Balaban J connectivity index is 1.43. The Kier molecular flexibility index (Phi) is 5.25.